The van der Waals surface area contributed by atoms with Crippen LogP contribution in [0.1, 0.15) is 30.5 Å². The predicted octanol–water partition coefficient (Wildman–Crippen LogP) is 4.49. The molecule has 1 aromatic heterocycles. The highest BCUT2D eigenvalue weighted by atomic mass is 32.2. The number of ether oxygens (including phenoxy) is 3. The molecule has 0 aliphatic rings. The molecule has 0 unspecified atom stereocenters. The summed E-state index contributed by atoms with van der Waals surface area (Å²) in [7, 11) is 1.54. The van der Waals surface area contributed by atoms with Gasteiger partial charge in [0.1, 0.15) is 16.8 Å². The van der Waals surface area contributed by atoms with Crippen LogP contribution >= 0.6 is 11.8 Å². The fourth-order valence-corrected chi connectivity index (χ4v) is 4.37. The number of methoxy groups -OCH3 is 1. The largest absolute Gasteiger partial charge is 0.494 e. The summed E-state index contributed by atoms with van der Waals surface area (Å²) in [6.45, 7) is 6.45. The highest BCUT2D eigenvalue weighted by Gasteiger charge is 2.25. The van der Waals surface area contributed by atoms with Crippen LogP contribution in [0.15, 0.2) is 47.6 Å². The van der Waals surface area contributed by atoms with Crippen molar-refractivity contribution in [2.75, 3.05) is 26.9 Å². The van der Waals surface area contributed by atoms with Crippen LogP contribution in [0, 0.1) is 17.0 Å². The minimum Gasteiger partial charge on any atom is -0.494 e. The Kier molecular flexibility index (Phi) is 7.93. The second kappa shape index (κ2) is 10.9. The van der Waals surface area contributed by atoms with E-state index in [9.17, 15) is 10.1 Å². The van der Waals surface area contributed by atoms with Crippen LogP contribution in [-0.2, 0) is 0 Å². The fraction of sp³-hybridized carbons (Fsp3) is 0.364. The molecule has 0 saturated carbocycles. The number of aryl methyl sites for hydroxylation is 1. The molecule has 0 fully saturated rings. The number of thioether (sulfide) groups is 1. The van der Waals surface area contributed by atoms with Crippen molar-refractivity contribution in [3.8, 4) is 22.9 Å². The first-order valence-electron chi connectivity index (χ1n) is 10.2. The molecule has 0 spiro atoms. The van der Waals surface area contributed by atoms with E-state index in [4.69, 9.17) is 14.2 Å². The molecule has 170 valence electrons. The van der Waals surface area contributed by atoms with Gasteiger partial charge in [0.25, 0.3) is 0 Å². The van der Waals surface area contributed by atoms with Gasteiger partial charge in [-0.2, -0.15) is 0 Å². The zero-order valence-corrected chi connectivity index (χ0v) is 19.3. The molecule has 0 N–H and O–H groups in total. The van der Waals surface area contributed by atoms with Gasteiger partial charge in [-0.3, -0.25) is 14.7 Å². The Labute approximate surface area is 190 Å². The topological polar surface area (TPSA) is 102 Å². The molecule has 32 heavy (non-hydrogen) atoms. The van der Waals surface area contributed by atoms with Crippen LogP contribution in [0.5, 0.6) is 17.2 Å². The zero-order chi connectivity index (χ0) is 23.1. The first kappa shape index (κ1) is 23.4. The lowest BCUT2D eigenvalue weighted by Gasteiger charge is -2.16. The molecule has 0 bridgehead atoms. The number of rotatable bonds is 11. The molecule has 0 aliphatic carbocycles. The van der Waals surface area contributed by atoms with Crippen LogP contribution in [-0.4, -0.2) is 46.6 Å². The Morgan fingerprint density at radius 2 is 1.78 bits per heavy atom. The van der Waals surface area contributed by atoms with Crippen molar-refractivity contribution in [3.63, 3.8) is 0 Å². The van der Waals surface area contributed by atoms with Crippen molar-refractivity contribution in [1.82, 2.24) is 14.8 Å². The average molecular weight is 459 g/mol. The quantitative estimate of drug-likeness (QED) is 0.235. The summed E-state index contributed by atoms with van der Waals surface area (Å²) in [6, 6.07) is 12.9. The summed E-state index contributed by atoms with van der Waals surface area (Å²) in [5, 5.41) is 20.0. The van der Waals surface area contributed by atoms with E-state index in [1.54, 1.807) is 19.2 Å². The lowest BCUT2D eigenvalue weighted by atomic mass is 10.1. The summed E-state index contributed by atoms with van der Waals surface area (Å²) in [4.78, 5) is 11.1. The van der Waals surface area contributed by atoms with Crippen molar-refractivity contribution in [3.05, 3.63) is 64.0 Å². The molecule has 0 saturated heterocycles. The highest BCUT2D eigenvalue weighted by Crippen LogP contribution is 2.39. The third-order valence-corrected chi connectivity index (χ3v) is 5.80. The molecule has 9 nitrogen and oxygen atoms in total. The van der Waals surface area contributed by atoms with Crippen LogP contribution in [0.2, 0.25) is 0 Å². The van der Waals surface area contributed by atoms with Crippen LogP contribution in [0.25, 0.3) is 5.69 Å². The number of benzene rings is 2. The Balaban J connectivity index is 1.94. The van der Waals surface area contributed by atoms with Gasteiger partial charge in [0.05, 0.1) is 20.3 Å². The molecule has 1 atom stereocenters. The standard InChI is InChI=1S/C22H26N4O5S/c1-5-30-18-10-8-17(9-11-18)26-15(3)23-24-22(26)32-21(14-25(27)28)16-7-12-19(31-6-2)20(13-16)29-4/h7-13,21H,5-6,14H2,1-4H3/t21-/m1/s1. The van der Waals surface area contributed by atoms with E-state index in [2.05, 4.69) is 10.2 Å². The second-order valence-electron chi connectivity index (χ2n) is 6.76. The monoisotopic (exact) mass is 458 g/mol. The maximum atomic E-state index is 11.4. The first-order chi connectivity index (χ1) is 15.5. The van der Waals surface area contributed by atoms with Crippen molar-refractivity contribution in [1.29, 1.82) is 0 Å². The van der Waals surface area contributed by atoms with Gasteiger partial charge in [-0.25, -0.2) is 0 Å². The summed E-state index contributed by atoms with van der Waals surface area (Å²) in [6.07, 6.45) is 0. The van der Waals surface area contributed by atoms with Crippen molar-refractivity contribution >= 4 is 11.8 Å². The van der Waals surface area contributed by atoms with E-state index in [1.165, 1.54) is 11.8 Å². The third-order valence-electron chi connectivity index (χ3n) is 4.62. The fourth-order valence-electron chi connectivity index (χ4n) is 3.21. The number of nitro groups is 1. The molecule has 3 rings (SSSR count). The van der Waals surface area contributed by atoms with E-state index in [0.29, 0.717) is 35.7 Å². The van der Waals surface area contributed by atoms with Crippen molar-refractivity contribution in [2.45, 2.75) is 31.2 Å². The normalized spacial score (nSPS) is 11.8. The number of hydrogen-bond acceptors (Lipinski definition) is 8. The molecule has 2 aromatic carbocycles. The molecule has 3 aromatic rings. The molecular weight excluding hydrogens is 432 g/mol. The summed E-state index contributed by atoms with van der Waals surface area (Å²) in [5.41, 5.74) is 1.59. The molecule has 0 amide bonds. The predicted molar refractivity (Wildman–Crippen MR) is 122 cm³/mol. The zero-order valence-electron chi connectivity index (χ0n) is 18.5. The summed E-state index contributed by atoms with van der Waals surface area (Å²) >= 11 is 1.29. The van der Waals surface area contributed by atoms with E-state index in [0.717, 1.165) is 17.0 Å². The van der Waals surface area contributed by atoms with E-state index in [-0.39, 0.29) is 11.5 Å². The van der Waals surface area contributed by atoms with Crippen molar-refractivity contribution in [2.24, 2.45) is 0 Å². The van der Waals surface area contributed by atoms with Gasteiger partial charge in [0.15, 0.2) is 16.7 Å². The van der Waals surface area contributed by atoms with Gasteiger partial charge in [-0.05, 0) is 62.7 Å². The SMILES string of the molecule is CCOc1ccc(-n2c(C)nnc2S[C@H](C[N+](=O)[O-])c2ccc(OCC)c(OC)c2)cc1. The second-order valence-corrected chi connectivity index (χ2v) is 7.93. The maximum absolute atomic E-state index is 11.4. The number of hydrogen-bond donors (Lipinski definition) is 0. The van der Waals surface area contributed by atoms with Crippen LogP contribution in [0.4, 0.5) is 0 Å². The Hall–Kier alpha value is -3.27. The Morgan fingerprint density at radius 3 is 2.41 bits per heavy atom. The Bertz CT molecular complexity index is 1050. The van der Waals surface area contributed by atoms with E-state index in [1.807, 2.05) is 55.7 Å². The minimum absolute atomic E-state index is 0.281. The third kappa shape index (κ3) is 5.50. The molecule has 0 aliphatic heterocycles. The van der Waals surface area contributed by atoms with E-state index < -0.39 is 5.25 Å². The smallest absolute Gasteiger partial charge is 0.220 e. The number of aromatic nitrogens is 3. The maximum Gasteiger partial charge on any atom is 0.220 e. The first-order valence-corrected chi connectivity index (χ1v) is 11.1. The van der Waals surface area contributed by atoms with Crippen LogP contribution < -0.4 is 14.2 Å². The van der Waals surface area contributed by atoms with Gasteiger partial charge >= 0.3 is 0 Å². The number of nitrogens with zero attached hydrogens (tertiary/aromatic N) is 4. The average Bonchev–Trinajstić information content (AvgIpc) is 3.14. The lowest BCUT2D eigenvalue weighted by molar-refractivity contribution is -0.479. The van der Waals surface area contributed by atoms with E-state index >= 15 is 0 Å². The van der Waals surface area contributed by atoms with Crippen molar-refractivity contribution < 1.29 is 19.1 Å². The summed E-state index contributed by atoms with van der Waals surface area (Å²) in [5.74, 6) is 2.57. The van der Waals surface area contributed by atoms with Gasteiger partial charge in [-0.1, -0.05) is 17.8 Å². The molecule has 1 heterocycles. The van der Waals surface area contributed by atoms with Gasteiger partial charge < -0.3 is 14.2 Å². The van der Waals surface area contributed by atoms with Gasteiger partial charge in [0.2, 0.25) is 6.54 Å². The minimum atomic E-state index is -0.500. The van der Waals surface area contributed by atoms with Crippen LogP contribution in [0.3, 0.4) is 0 Å². The highest BCUT2D eigenvalue weighted by molar-refractivity contribution is 7.99. The molecule has 10 heteroatoms. The van der Waals surface area contributed by atoms with Gasteiger partial charge in [-0.15, -0.1) is 10.2 Å². The molecular formula is C22H26N4O5S. The summed E-state index contributed by atoms with van der Waals surface area (Å²) < 4.78 is 18.4. The molecule has 0 radical (unpaired) electrons. The Morgan fingerprint density at radius 1 is 1.06 bits per heavy atom. The van der Waals surface area contributed by atoms with Gasteiger partial charge in [0, 0.05) is 10.6 Å². The lowest BCUT2D eigenvalue weighted by Crippen LogP contribution is -2.11.